The molecule has 1 aliphatic carbocycles. The smallest absolute Gasteiger partial charge is 0.193 e. The molecule has 0 radical (unpaired) electrons. The zero-order chi connectivity index (χ0) is 14.7. The quantitative estimate of drug-likeness (QED) is 0.670. The summed E-state index contributed by atoms with van der Waals surface area (Å²) in [5.74, 6) is 1.04. The van der Waals surface area contributed by atoms with E-state index >= 15 is 0 Å². The number of hydrogen-bond donors (Lipinski definition) is 1. The van der Waals surface area contributed by atoms with E-state index in [1.165, 1.54) is 50.8 Å². The highest BCUT2D eigenvalue weighted by Gasteiger charge is 2.39. The molecule has 0 amide bonds. The minimum Gasteiger partial charge on any atom is -0.351 e. The Hall–Kier alpha value is -1.52. The van der Waals surface area contributed by atoms with E-state index in [1.807, 2.05) is 31.0 Å². The van der Waals surface area contributed by atoms with Crippen LogP contribution in [0.2, 0.25) is 0 Å². The Bertz CT molecular complexity index is 499. The zero-order valence-corrected chi connectivity index (χ0v) is 13.3. The largest absolute Gasteiger partial charge is 0.351 e. The Morgan fingerprint density at radius 2 is 2.14 bits per heavy atom. The molecule has 2 aliphatic rings. The molecular weight excluding hydrogens is 262 g/mol. The fraction of sp³-hybridized carbons (Fsp3) is 0.750. The van der Waals surface area contributed by atoms with Gasteiger partial charge >= 0.3 is 0 Å². The van der Waals surface area contributed by atoms with Crippen molar-refractivity contribution in [3.63, 3.8) is 0 Å². The van der Waals surface area contributed by atoms with Crippen LogP contribution < -0.4 is 5.32 Å². The van der Waals surface area contributed by atoms with Gasteiger partial charge in [-0.05, 0) is 30.7 Å². The van der Waals surface area contributed by atoms with E-state index in [1.54, 1.807) is 0 Å². The van der Waals surface area contributed by atoms with Crippen LogP contribution in [0.15, 0.2) is 17.3 Å². The van der Waals surface area contributed by atoms with Gasteiger partial charge in [0.2, 0.25) is 0 Å². The van der Waals surface area contributed by atoms with Gasteiger partial charge in [0, 0.05) is 33.4 Å². The number of guanidine groups is 1. The van der Waals surface area contributed by atoms with Crippen LogP contribution in [0.4, 0.5) is 0 Å². The van der Waals surface area contributed by atoms with E-state index in [0.717, 1.165) is 19.0 Å². The number of likely N-dealkylation sites (tertiary alicyclic amines) is 1. The molecule has 0 bridgehead atoms. The third-order valence-electron chi connectivity index (χ3n) is 5.21. The van der Waals surface area contributed by atoms with Crippen LogP contribution in [0.25, 0.3) is 0 Å². The van der Waals surface area contributed by atoms with Crippen LogP contribution >= 0.6 is 0 Å². The normalized spacial score (nSPS) is 22.0. The molecule has 1 saturated heterocycles. The molecule has 3 rings (SSSR count). The van der Waals surface area contributed by atoms with Crippen LogP contribution in [-0.2, 0) is 13.6 Å². The minimum absolute atomic E-state index is 0.572. The molecule has 116 valence electrons. The van der Waals surface area contributed by atoms with E-state index in [4.69, 9.17) is 0 Å². The number of nitrogens with one attached hydrogen (secondary N) is 1. The summed E-state index contributed by atoms with van der Waals surface area (Å²) >= 11 is 0. The lowest BCUT2D eigenvalue weighted by molar-refractivity contribution is 0.203. The molecule has 2 heterocycles. The highest BCUT2D eigenvalue weighted by atomic mass is 15.3. The van der Waals surface area contributed by atoms with E-state index in [0.29, 0.717) is 5.41 Å². The average molecular weight is 289 g/mol. The first kappa shape index (κ1) is 14.4. The molecular formula is C16H27N5. The van der Waals surface area contributed by atoms with Gasteiger partial charge in [-0.1, -0.05) is 19.3 Å². The van der Waals surface area contributed by atoms with Gasteiger partial charge in [-0.2, -0.15) is 5.10 Å². The van der Waals surface area contributed by atoms with Crippen molar-refractivity contribution in [1.29, 1.82) is 0 Å². The third-order valence-corrected chi connectivity index (χ3v) is 5.21. The molecule has 1 spiro atoms. The van der Waals surface area contributed by atoms with Gasteiger partial charge in [-0.15, -0.1) is 0 Å². The maximum absolute atomic E-state index is 4.48. The molecule has 1 aliphatic heterocycles. The highest BCUT2D eigenvalue weighted by molar-refractivity contribution is 5.80. The SMILES string of the molecule is CN=C(NCc1ccnn1C)N1CCC2(CCCCC2)C1. The van der Waals surface area contributed by atoms with Crippen molar-refractivity contribution in [3.8, 4) is 0 Å². The lowest BCUT2D eigenvalue weighted by atomic mass is 9.73. The molecule has 1 saturated carbocycles. The van der Waals surface area contributed by atoms with Gasteiger partial charge in [0.15, 0.2) is 5.96 Å². The predicted octanol–water partition coefficient (Wildman–Crippen LogP) is 2.15. The molecule has 0 aromatic carbocycles. The van der Waals surface area contributed by atoms with Crippen LogP contribution in [0.3, 0.4) is 0 Å². The number of aliphatic imine (C=N–C) groups is 1. The Balaban J connectivity index is 1.58. The highest BCUT2D eigenvalue weighted by Crippen LogP contribution is 2.43. The number of aryl methyl sites for hydroxylation is 1. The van der Waals surface area contributed by atoms with E-state index in [-0.39, 0.29) is 0 Å². The van der Waals surface area contributed by atoms with E-state index in [9.17, 15) is 0 Å². The van der Waals surface area contributed by atoms with Gasteiger partial charge in [-0.25, -0.2) is 0 Å². The molecule has 0 atom stereocenters. The Kier molecular flexibility index (Phi) is 4.17. The predicted molar refractivity (Wildman–Crippen MR) is 85.1 cm³/mol. The first-order valence-electron chi connectivity index (χ1n) is 8.15. The van der Waals surface area contributed by atoms with Gasteiger partial charge in [0.1, 0.15) is 0 Å². The Labute approximate surface area is 127 Å². The lowest BCUT2D eigenvalue weighted by Crippen LogP contribution is -2.41. The molecule has 5 heteroatoms. The van der Waals surface area contributed by atoms with Crippen molar-refractivity contribution >= 4 is 5.96 Å². The summed E-state index contributed by atoms with van der Waals surface area (Å²) in [6.07, 6.45) is 10.2. The maximum Gasteiger partial charge on any atom is 0.193 e. The van der Waals surface area contributed by atoms with Crippen molar-refractivity contribution in [1.82, 2.24) is 20.0 Å². The molecule has 2 fully saturated rings. The standard InChI is InChI=1S/C16H27N5/c1-17-15(18-12-14-6-10-19-20(14)2)21-11-9-16(13-21)7-4-3-5-8-16/h6,10H,3-5,7-9,11-13H2,1-2H3,(H,17,18). The number of nitrogens with zero attached hydrogens (tertiary/aromatic N) is 4. The first-order valence-corrected chi connectivity index (χ1v) is 8.15. The molecule has 5 nitrogen and oxygen atoms in total. The van der Waals surface area contributed by atoms with Crippen molar-refractivity contribution in [2.45, 2.75) is 45.1 Å². The summed E-state index contributed by atoms with van der Waals surface area (Å²) in [6.45, 7) is 3.11. The minimum atomic E-state index is 0.572. The topological polar surface area (TPSA) is 45.5 Å². The second-order valence-corrected chi connectivity index (χ2v) is 6.58. The molecule has 1 aromatic heterocycles. The fourth-order valence-electron chi connectivity index (χ4n) is 3.90. The fourth-order valence-corrected chi connectivity index (χ4v) is 3.90. The summed E-state index contributed by atoms with van der Waals surface area (Å²) in [7, 11) is 3.87. The average Bonchev–Trinajstić information content (AvgIpc) is 3.08. The second-order valence-electron chi connectivity index (χ2n) is 6.58. The molecule has 1 N–H and O–H groups in total. The lowest BCUT2D eigenvalue weighted by Gasteiger charge is -2.33. The zero-order valence-electron chi connectivity index (χ0n) is 13.3. The Morgan fingerprint density at radius 1 is 1.33 bits per heavy atom. The summed E-state index contributed by atoms with van der Waals surface area (Å²) in [4.78, 5) is 6.93. The summed E-state index contributed by atoms with van der Waals surface area (Å²) in [5.41, 5.74) is 1.75. The van der Waals surface area contributed by atoms with Crippen molar-refractivity contribution in [3.05, 3.63) is 18.0 Å². The summed E-state index contributed by atoms with van der Waals surface area (Å²) in [5, 5.41) is 7.70. The maximum atomic E-state index is 4.48. The van der Waals surface area contributed by atoms with Gasteiger partial charge in [0.25, 0.3) is 0 Å². The van der Waals surface area contributed by atoms with Crippen molar-refractivity contribution in [2.75, 3.05) is 20.1 Å². The molecule has 1 aromatic rings. The van der Waals surface area contributed by atoms with Crippen LogP contribution in [0.1, 0.15) is 44.2 Å². The number of hydrogen-bond acceptors (Lipinski definition) is 2. The molecule has 0 unspecified atom stereocenters. The van der Waals surface area contributed by atoms with Gasteiger partial charge in [-0.3, -0.25) is 9.67 Å². The van der Waals surface area contributed by atoms with Crippen LogP contribution in [0, 0.1) is 5.41 Å². The van der Waals surface area contributed by atoms with Crippen molar-refractivity contribution in [2.24, 2.45) is 17.5 Å². The van der Waals surface area contributed by atoms with E-state index < -0.39 is 0 Å². The second kappa shape index (κ2) is 6.08. The monoisotopic (exact) mass is 289 g/mol. The van der Waals surface area contributed by atoms with Crippen LogP contribution in [0.5, 0.6) is 0 Å². The Morgan fingerprint density at radius 3 is 2.81 bits per heavy atom. The first-order chi connectivity index (χ1) is 10.2. The van der Waals surface area contributed by atoms with Crippen molar-refractivity contribution < 1.29 is 0 Å². The molecule has 21 heavy (non-hydrogen) atoms. The summed E-state index contributed by atoms with van der Waals surface area (Å²) < 4.78 is 1.91. The van der Waals surface area contributed by atoms with E-state index in [2.05, 4.69) is 20.3 Å². The summed E-state index contributed by atoms with van der Waals surface area (Å²) in [6, 6.07) is 2.05. The number of rotatable bonds is 2. The third kappa shape index (κ3) is 3.06. The van der Waals surface area contributed by atoms with Gasteiger partial charge < -0.3 is 10.2 Å². The van der Waals surface area contributed by atoms with Crippen LogP contribution in [-0.4, -0.2) is 40.8 Å². The van der Waals surface area contributed by atoms with Gasteiger partial charge in [0.05, 0.1) is 12.2 Å². The number of aromatic nitrogens is 2.